The number of carbonyl (C=O) groups excluding carboxylic acids is 3. The fourth-order valence-corrected chi connectivity index (χ4v) is 3.01. The van der Waals surface area contributed by atoms with Gasteiger partial charge in [-0.25, -0.2) is 20.0 Å². The lowest BCUT2D eigenvalue weighted by molar-refractivity contribution is -0.161. The number of esters is 2. The van der Waals surface area contributed by atoms with E-state index in [0.29, 0.717) is 19.4 Å². The van der Waals surface area contributed by atoms with Crippen molar-refractivity contribution in [2.24, 2.45) is 0 Å². The van der Waals surface area contributed by atoms with Gasteiger partial charge in [0.25, 0.3) is 0 Å². The average molecular weight is 338 g/mol. The first-order chi connectivity index (χ1) is 11.4. The van der Waals surface area contributed by atoms with Crippen LogP contribution in [0.3, 0.4) is 0 Å². The lowest BCUT2D eigenvalue weighted by Crippen LogP contribution is -2.60. The molecule has 2 rings (SSSR count). The molecule has 1 saturated heterocycles. The fourth-order valence-electron chi connectivity index (χ4n) is 3.01. The maximum atomic E-state index is 13.0. The number of carbonyl (C=O) groups is 3. The molecule has 0 aromatic heterocycles. The molecule has 24 heavy (non-hydrogen) atoms. The Morgan fingerprint density at radius 1 is 1.17 bits per heavy atom. The second-order valence-electron chi connectivity index (χ2n) is 6.41. The van der Waals surface area contributed by atoms with Crippen LogP contribution in [0, 0.1) is 0 Å². The van der Waals surface area contributed by atoms with Crippen molar-refractivity contribution in [3.8, 4) is 0 Å². The minimum Gasteiger partial charge on any atom is -0.464 e. The standard InChI is InChI=1S/C17H26N2O5/c1-5-7-23-15(21)13-14(20)17(16(22)24-8-6-2)9-11(3)12(4)10-19(17)18-13/h13,18H,5-10H2,1-4H3. The van der Waals surface area contributed by atoms with Crippen LogP contribution >= 0.6 is 0 Å². The van der Waals surface area contributed by atoms with Crippen molar-refractivity contribution in [1.29, 1.82) is 0 Å². The molecule has 7 nitrogen and oxygen atoms in total. The highest BCUT2D eigenvalue weighted by molar-refractivity contribution is 6.19. The van der Waals surface area contributed by atoms with E-state index in [-0.39, 0.29) is 19.6 Å². The van der Waals surface area contributed by atoms with Gasteiger partial charge in [0.1, 0.15) is 0 Å². The average Bonchev–Trinajstić information content (AvgIpc) is 2.84. The second-order valence-corrected chi connectivity index (χ2v) is 6.41. The van der Waals surface area contributed by atoms with Gasteiger partial charge in [0.15, 0.2) is 17.4 Å². The molecule has 0 aromatic carbocycles. The zero-order valence-electron chi connectivity index (χ0n) is 14.8. The molecular weight excluding hydrogens is 312 g/mol. The molecule has 1 fully saturated rings. The van der Waals surface area contributed by atoms with E-state index in [9.17, 15) is 14.4 Å². The van der Waals surface area contributed by atoms with E-state index in [0.717, 1.165) is 11.1 Å². The van der Waals surface area contributed by atoms with Gasteiger partial charge in [0.2, 0.25) is 0 Å². The number of ether oxygens (including phenoxy) is 2. The van der Waals surface area contributed by atoms with Crippen molar-refractivity contribution in [3.63, 3.8) is 0 Å². The number of nitrogens with zero attached hydrogens (tertiary/aromatic N) is 1. The van der Waals surface area contributed by atoms with Gasteiger partial charge in [-0.05, 0) is 26.7 Å². The summed E-state index contributed by atoms with van der Waals surface area (Å²) in [7, 11) is 0. The van der Waals surface area contributed by atoms with E-state index < -0.39 is 29.3 Å². The van der Waals surface area contributed by atoms with Crippen LogP contribution in [0.1, 0.15) is 47.0 Å². The Bertz CT molecular complexity index is 571. The third-order valence-electron chi connectivity index (χ3n) is 4.52. The third kappa shape index (κ3) is 3.10. The van der Waals surface area contributed by atoms with Gasteiger partial charge < -0.3 is 9.47 Å². The zero-order chi connectivity index (χ0) is 17.9. The Labute approximate surface area is 142 Å². The molecule has 0 radical (unpaired) electrons. The first kappa shape index (κ1) is 18.6. The Morgan fingerprint density at radius 2 is 1.79 bits per heavy atom. The normalized spacial score (nSPS) is 27.2. The molecule has 0 aliphatic carbocycles. The van der Waals surface area contributed by atoms with Crippen LogP contribution in [0.5, 0.6) is 0 Å². The molecule has 0 aromatic rings. The molecule has 7 heteroatoms. The number of hydrogen-bond acceptors (Lipinski definition) is 7. The fraction of sp³-hybridized carbons (Fsp3) is 0.706. The molecule has 2 aliphatic heterocycles. The Hall–Kier alpha value is -1.73. The topological polar surface area (TPSA) is 84.9 Å². The maximum Gasteiger partial charge on any atom is 0.336 e. The number of nitrogens with one attached hydrogen (secondary N) is 1. The molecule has 1 N–H and O–H groups in total. The minimum absolute atomic E-state index is 0.227. The van der Waals surface area contributed by atoms with Crippen molar-refractivity contribution < 1.29 is 23.9 Å². The van der Waals surface area contributed by atoms with E-state index in [2.05, 4.69) is 5.43 Å². The Morgan fingerprint density at radius 3 is 2.42 bits per heavy atom. The smallest absolute Gasteiger partial charge is 0.336 e. The van der Waals surface area contributed by atoms with Crippen molar-refractivity contribution in [2.75, 3.05) is 19.8 Å². The number of Topliss-reactive ketones (excluding diaryl/α,β-unsaturated/α-hetero) is 1. The SMILES string of the molecule is CCCOC(=O)C1NN2CC(C)=C(C)CC2(C(=O)OCCC)C1=O. The van der Waals surface area contributed by atoms with Crippen LogP contribution in [0.15, 0.2) is 11.1 Å². The van der Waals surface area contributed by atoms with Gasteiger partial charge in [0, 0.05) is 13.0 Å². The van der Waals surface area contributed by atoms with Crippen LogP contribution in [-0.2, 0) is 23.9 Å². The number of fused-ring (bicyclic) bond motifs is 1. The van der Waals surface area contributed by atoms with E-state index >= 15 is 0 Å². The highest BCUT2D eigenvalue weighted by Crippen LogP contribution is 2.37. The number of ketones is 1. The van der Waals surface area contributed by atoms with Crippen molar-refractivity contribution in [2.45, 2.75) is 58.5 Å². The van der Waals surface area contributed by atoms with Crippen molar-refractivity contribution in [1.82, 2.24) is 10.4 Å². The van der Waals surface area contributed by atoms with Gasteiger partial charge in [0.05, 0.1) is 13.2 Å². The molecule has 2 atom stereocenters. The monoisotopic (exact) mass is 338 g/mol. The summed E-state index contributed by atoms with van der Waals surface area (Å²) in [6, 6.07) is -1.16. The molecule has 0 spiro atoms. The van der Waals surface area contributed by atoms with E-state index in [1.165, 1.54) is 0 Å². The predicted molar refractivity (Wildman–Crippen MR) is 86.9 cm³/mol. The molecule has 2 aliphatic rings. The van der Waals surface area contributed by atoms with Crippen molar-refractivity contribution >= 4 is 17.7 Å². The molecule has 2 unspecified atom stereocenters. The van der Waals surface area contributed by atoms with E-state index in [1.54, 1.807) is 5.01 Å². The van der Waals surface area contributed by atoms with Crippen LogP contribution in [0.4, 0.5) is 0 Å². The first-order valence-electron chi connectivity index (χ1n) is 8.45. The van der Waals surface area contributed by atoms with Crippen LogP contribution in [0.2, 0.25) is 0 Å². The zero-order valence-corrected chi connectivity index (χ0v) is 14.8. The Balaban J connectivity index is 2.32. The number of hydrazine groups is 1. The van der Waals surface area contributed by atoms with Crippen LogP contribution in [0.25, 0.3) is 0 Å². The lowest BCUT2D eigenvalue weighted by atomic mass is 9.81. The van der Waals surface area contributed by atoms with Crippen LogP contribution in [-0.4, -0.2) is 54.1 Å². The summed E-state index contributed by atoms with van der Waals surface area (Å²) < 4.78 is 10.4. The van der Waals surface area contributed by atoms with E-state index in [1.807, 2.05) is 27.7 Å². The van der Waals surface area contributed by atoms with Gasteiger partial charge in [-0.3, -0.25) is 4.79 Å². The summed E-state index contributed by atoms with van der Waals surface area (Å²) in [5.74, 6) is -1.73. The second kappa shape index (κ2) is 7.44. The summed E-state index contributed by atoms with van der Waals surface area (Å²) in [4.78, 5) is 37.9. The highest BCUT2D eigenvalue weighted by Gasteiger charge is 2.63. The molecule has 0 amide bonds. The summed E-state index contributed by atoms with van der Waals surface area (Å²) in [5, 5.41) is 1.55. The molecular formula is C17H26N2O5. The molecule has 2 heterocycles. The summed E-state index contributed by atoms with van der Waals surface area (Å²) in [6.07, 6.45) is 1.56. The van der Waals surface area contributed by atoms with Crippen molar-refractivity contribution in [3.05, 3.63) is 11.1 Å². The molecule has 134 valence electrons. The first-order valence-corrected chi connectivity index (χ1v) is 8.45. The van der Waals surface area contributed by atoms with E-state index in [4.69, 9.17) is 9.47 Å². The largest absolute Gasteiger partial charge is 0.464 e. The maximum absolute atomic E-state index is 13.0. The van der Waals surface area contributed by atoms with Gasteiger partial charge in [-0.2, -0.15) is 0 Å². The highest BCUT2D eigenvalue weighted by atomic mass is 16.5. The van der Waals surface area contributed by atoms with Crippen LogP contribution < -0.4 is 5.43 Å². The summed E-state index contributed by atoms with van der Waals surface area (Å²) in [6.45, 7) is 8.49. The predicted octanol–water partition coefficient (Wildman–Crippen LogP) is 1.13. The third-order valence-corrected chi connectivity index (χ3v) is 4.52. The number of rotatable bonds is 6. The molecule has 0 saturated carbocycles. The van der Waals surface area contributed by atoms with Gasteiger partial charge in [-0.15, -0.1) is 0 Å². The quantitative estimate of drug-likeness (QED) is 0.441. The molecule has 0 bridgehead atoms. The lowest BCUT2D eigenvalue weighted by Gasteiger charge is -2.38. The van der Waals surface area contributed by atoms with Gasteiger partial charge in [-0.1, -0.05) is 25.0 Å². The minimum atomic E-state index is -1.48. The summed E-state index contributed by atoms with van der Waals surface area (Å²) in [5.41, 5.74) is 3.43. The summed E-state index contributed by atoms with van der Waals surface area (Å²) >= 11 is 0. The van der Waals surface area contributed by atoms with Gasteiger partial charge >= 0.3 is 11.9 Å². The Kier molecular flexibility index (Phi) is 5.77. The number of hydrogen-bond donors (Lipinski definition) is 1.